The molecule has 0 radical (unpaired) electrons. The first-order chi connectivity index (χ1) is 12.3. The second-order valence-corrected chi connectivity index (χ2v) is 8.71. The summed E-state index contributed by atoms with van der Waals surface area (Å²) in [6.45, 7) is 3.95. The number of aryl methyl sites for hydroxylation is 1. The minimum Gasteiger partial charge on any atom is -0.504 e. The molecule has 0 bridgehead atoms. The lowest BCUT2D eigenvalue weighted by molar-refractivity contribution is 0.466. The first-order valence-electron chi connectivity index (χ1n) is 7.54. The molecule has 9 nitrogen and oxygen atoms in total. The molecule has 0 fully saturated rings. The maximum absolute atomic E-state index is 11.4. The van der Waals surface area contributed by atoms with E-state index in [1.165, 1.54) is 5.38 Å². The van der Waals surface area contributed by atoms with Crippen LogP contribution in [0, 0.1) is 6.92 Å². The highest BCUT2D eigenvalue weighted by Gasteiger charge is 2.22. The predicted octanol–water partition coefficient (Wildman–Crippen LogP) is 3.16. The molecule has 1 atom stereocenters. The Morgan fingerprint density at radius 1 is 1.38 bits per heavy atom. The van der Waals surface area contributed by atoms with Crippen molar-refractivity contribution in [1.29, 1.82) is 0 Å². The van der Waals surface area contributed by atoms with Gasteiger partial charge in [-0.1, -0.05) is 6.92 Å². The Labute approximate surface area is 158 Å². The molecule has 3 rings (SSSR count). The largest absolute Gasteiger partial charge is 0.504 e. The molecule has 3 aromatic heterocycles. The van der Waals surface area contributed by atoms with Gasteiger partial charge in [-0.3, -0.25) is 0 Å². The predicted molar refractivity (Wildman–Crippen MR) is 101 cm³/mol. The summed E-state index contributed by atoms with van der Waals surface area (Å²) in [5.74, 6) is 1.17. The Hall–Kier alpha value is -2.15. The van der Waals surface area contributed by atoms with Gasteiger partial charge in [-0.15, -0.1) is 11.3 Å². The molecule has 3 heterocycles. The van der Waals surface area contributed by atoms with Crippen molar-refractivity contribution in [1.82, 2.24) is 8.75 Å². The SMILES string of the molecule is CC[C@@H](Nc1nsnc1Nc1csc(S(N)(=O)=O)c1O)c1cc(C)co1. The molecule has 0 aliphatic heterocycles. The van der Waals surface area contributed by atoms with Crippen molar-refractivity contribution in [2.75, 3.05) is 10.6 Å². The first-order valence-corrected chi connectivity index (χ1v) is 10.7. The lowest BCUT2D eigenvalue weighted by Crippen LogP contribution is -2.11. The third-order valence-corrected chi connectivity index (χ3v) is 6.53. The number of aromatic hydroxyl groups is 1. The fourth-order valence-corrected chi connectivity index (χ4v) is 4.45. The molecule has 0 aliphatic carbocycles. The number of hydrogen-bond donors (Lipinski definition) is 4. The maximum Gasteiger partial charge on any atom is 0.251 e. The zero-order valence-electron chi connectivity index (χ0n) is 13.9. The summed E-state index contributed by atoms with van der Waals surface area (Å²) >= 11 is 1.80. The summed E-state index contributed by atoms with van der Waals surface area (Å²) in [7, 11) is -3.99. The van der Waals surface area contributed by atoms with Crippen LogP contribution in [-0.4, -0.2) is 22.3 Å². The van der Waals surface area contributed by atoms with Crippen molar-refractivity contribution >= 4 is 50.4 Å². The Bertz CT molecular complexity index is 1010. The Morgan fingerprint density at radius 2 is 2.12 bits per heavy atom. The zero-order chi connectivity index (χ0) is 18.9. The molecular weight excluding hydrogens is 398 g/mol. The molecule has 0 unspecified atom stereocenters. The van der Waals surface area contributed by atoms with Gasteiger partial charge in [-0.05, 0) is 25.0 Å². The number of nitrogens with two attached hydrogens (primary N) is 1. The topological polar surface area (TPSA) is 143 Å². The normalized spacial score (nSPS) is 12.9. The number of nitrogens with one attached hydrogen (secondary N) is 2. The van der Waals surface area contributed by atoms with Crippen molar-refractivity contribution in [3.63, 3.8) is 0 Å². The van der Waals surface area contributed by atoms with E-state index in [1.54, 1.807) is 6.26 Å². The van der Waals surface area contributed by atoms with Crippen molar-refractivity contribution in [3.05, 3.63) is 29.0 Å². The smallest absolute Gasteiger partial charge is 0.251 e. The molecule has 0 spiro atoms. The number of rotatable bonds is 7. The van der Waals surface area contributed by atoms with Crippen LogP contribution in [0.15, 0.2) is 26.3 Å². The van der Waals surface area contributed by atoms with Crippen molar-refractivity contribution < 1.29 is 17.9 Å². The van der Waals surface area contributed by atoms with Crippen LogP contribution >= 0.6 is 23.1 Å². The maximum atomic E-state index is 11.4. The van der Waals surface area contributed by atoms with Gasteiger partial charge in [0.2, 0.25) is 0 Å². The number of aromatic nitrogens is 2. The monoisotopic (exact) mass is 415 g/mol. The van der Waals surface area contributed by atoms with Crippen molar-refractivity contribution in [2.24, 2.45) is 5.14 Å². The van der Waals surface area contributed by atoms with Crippen molar-refractivity contribution in [2.45, 2.75) is 30.5 Å². The molecule has 0 aromatic carbocycles. The van der Waals surface area contributed by atoms with Gasteiger partial charge < -0.3 is 20.2 Å². The summed E-state index contributed by atoms with van der Waals surface area (Å²) in [6, 6.07) is 1.83. The molecule has 3 aromatic rings. The van der Waals surface area contributed by atoms with Gasteiger partial charge >= 0.3 is 0 Å². The number of anilines is 3. The standard InChI is InChI=1S/C14H17N5O4S3/c1-3-8(10-4-7(2)5-23-10)16-12-13(19-25-18-12)17-9-6-24-14(11(9)20)26(15,21)22/h4-6,8,20H,3H2,1-2H3,(H,16,18)(H,17,19)(H2,15,21,22)/t8-/m1/s1. The molecule has 12 heteroatoms. The molecule has 0 saturated carbocycles. The van der Waals surface area contributed by atoms with E-state index in [2.05, 4.69) is 19.4 Å². The highest BCUT2D eigenvalue weighted by molar-refractivity contribution is 7.91. The molecule has 0 aliphatic rings. The second-order valence-electron chi connectivity index (χ2n) is 5.55. The van der Waals surface area contributed by atoms with Crippen LogP contribution in [0.4, 0.5) is 17.3 Å². The lowest BCUT2D eigenvalue weighted by atomic mass is 10.1. The molecule has 26 heavy (non-hydrogen) atoms. The summed E-state index contributed by atoms with van der Waals surface area (Å²) in [5.41, 5.74) is 1.21. The van der Waals surface area contributed by atoms with Crippen LogP contribution in [-0.2, 0) is 10.0 Å². The summed E-state index contributed by atoms with van der Waals surface area (Å²) in [5, 5.41) is 22.7. The average molecular weight is 416 g/mol. The summed E-state index contributed by atoms with van der Waals surface area (Å²) in [4.78, 5) is 0. The van der Waals surface area contributed by atoms with Crippen LogP contribution in [0.3, 0.4) is 0 Å². The molecule has 140 valence electrons. The molecule has 5 N–H and O–H groups in total. The van der Waals surface area contributed by atoms with E-state index in [4.69, 9.17) is 9.56 Å². The van der Waals surface area contributed by atoms with E-state index in [9.17, 15) is 13.5 Å². The van der Waals surface area contributed by atoms with Crippen LogP contribution in [0.25, 0.3) is 0 Å². The van der Waals surface area contributed by atoms with Crippen LogP contribution in [0.5, 0.6) is 5.75 Å². The lowest BCUT2D eigenvalue weighted by Gasteiger charge is -2.15. The Morgan fingerprint density at radius 3 is 2.69 bits per heavy atom. The van der Waals surface area contributed by atoms with Crippen LogP contribution in [0.1, 0.15) is 30.7 Å². The van der Waals surface area contributed by atoms with Gasteiger partial charge in [0.1, 0.15) is 5.76 Å². The number of nitrogens with zero attached hydrogens (tertiary/aromatic N) is 2. The summed E-state index contributed by atoms with van der Waals surface area (Å²) < 4.78 is 36.5. The fourth-order valence-electron chi connectivity index (χ4n) is 2.29. The van der Waals surface area contributed by atoms with Gasteiger partial charge in [-0.2, -0.15) is 8.75 Å². The van der Waals surface area contributed by atoms with E-state index in [0.29, 0.717) is 11.6 Å². The van der Waals surface area contributed by atoms with E-state index < -0.39 is 15.8 Å². The number of hydrogen-bond acceptors (Lipinski definition) is 10. The average Bonchev–Trinajstić information content (AvgIpc) is 3.27. The molecule has 0 saturated heterocycles. The number of furan rings is 1. The van der Waals surface area contributed by atoms with Gasteiger partial charge in [0.05, 0.1) is 29.7 Å². The van der Waals surface area contributed by atoms with Crippen molar-refractivity contribution in [3.8, 4) is 5.75 Å². The van der Waals surface area contributed by atoms with Crippen LogP contribution in [0.2, 0.25) is 0 Å². The number of thiophene rings is 1. The molecule has 0 amide bonds. The van der Waals surface area contributed by atoms with Crippen LogP contribution < -0.4 is 15.8 Å². The number of sulfonamides is 1. The first kappa shape index (κ1) is 18.6. The van der Waals surface area contributed by atoms with Gasteiger partial charge in [-0.25, -0.2) is 13.6 Å². The quantitative estimate of drug-likeness (QED) is 0.461. The van der Waals surface area contributed by atoms with E-state index in [-0.39, 0.29) is 15.9 Å². The fraction of sp³-hybridized carbons (Fsp3) is 0.286. The summed E-state index contributed by atoms with van der Waals surface area (Å²) in [6.07, 6.45) is 2.43. The van der Waals surface area contributed by atoms with Gasteiger partial charge in [0, 0.05) is 5.38 Å². The van der Waals surface area contributed by atoms with E-state index in [1.807, 2.05) is 19.9 Å². The third-order valence-electron chi connectivity index (χ3n) is 3.55. The number of primary sulfonamides is 1. The minimum absolute atomic E-state index is 0.107. The van der Waals surface area contributed by atoms with Gasteiger partial charge in [0.25, 0.3) is 10.0 Å². The van der Waals surface area contributed by atoms with E-state index >= 15 is 0 Å². The minimum atomic E-state index is -3.99. The highest BCUT2D eigenvalue weighted by atomic mass is 32.2. The van der Waals surface area contributed by atoms with Gasteiger partial charge in [0.15, 0.2) is 21.6 Å². The third kappa shape index (κ3) is 3.82. The second kappa shape index (κ2) is 7.23. The zero-order valence-corrected chi connectivity index (χ0v) is 16.3. The highest BCUT2D eigenvalue weighted by Crippen LogP contribution is 2.39. The Kier molecular flexibility index (Phi) is 5.18. The van der Waals surface area contributed by atoms with E-state index in [0.717, 1.165) is 40.8 Å². The Balaban J connectivity index is 1.82. The molecular formula is C14H17N5O4S3.